The lowest BCUT2D eigenvalue weighted by Gasteiger charge is -2.01. The lowest BCUT2D eigenvalue weighted by Crippen LogP contribution is -1.97. The van der Waals surface area contributed by atoms with Gasteiger partial charge in [-0.3, -0.25) is 4.79 Å². The first kappa shape index (κ1) is 10.3. The average molecular weight is 221 g/mol. The molecule has 0 spiro atoms. The van der Waals surface area contributed by atoms with Gasteiger partial charge in [-0.25, -0.2) is 4.39 Å². The van der Waals surface area contributed by atoms with Gasteiger partial charge in [0.15, 0.2) is 0 Å². The van der Waals surface area contributed by atoms with Crippen molar-refractivity contribution in [1.82, 2.24) is 0 Å². The molecule has 0 saturated carbocycles. The van der Waals surface area contributed by atoms with Gasteiger partial charge in [0, 0.05) is 4.90 Å². The Morgan fingerprint density at radius 3 is 2.92 bits per heavy atom. The summed E-state index contributed by atoms with van der Waals surface area (Å²) < 4.78 is 12.8. The standard InChI is InChI=1S/C8H6ClFO2S/c9-8-5(10)2-1-3-6(8)13-4-7(11)12/h1-3H,4H2,(H,11,12). The van der Waals surface area contributed by atoms with Crippen molar-refractivity contribution in [3.8, 4) is 0 Å². The number of carboxylic acids is 1. The highest BCUT2D eigenvalue weighted by Gasteiger charge is 2.07. The maximum Gasteiger partial charge on any atom is 0.313 e. The molecule has 0 bridgehead atoms. The summed E-state index contributed by atoms with van der Waals surface area (Å²) in [7, 11) is 0. The molecular weight excluding hydrogens is 215 g/mol. The fraction of sp³-hybridized carbons (Fsp3) is 0.125. The van der Waals surface area contributed by atoms with Crippen LogP contribution < -0.4 is 0 Å². The van der Waals surface area contributed by atoms with Crippen molar-refractivity contribution in [2.75, 3.05) is 5.75 Å². The number of carboxylic acid groups (broad SMARTS) is 1. The molecule has 1 rings (SSSR count). The SMILES string of the molecule is O=C(O)CSc1cccc(F)c1Cl. The molecule has 1 aromatic rings. The second-order valence-electron chi connectivity index (χ2n) is 2.23. The summed E-state index contributed by atoms with van der Waals surface area (Å²) in [5, 5.41) is 8.36. The average Bonchev–Trinajstić information content (AvgIpc) is 2.07. The first-order chi connectivity index (χ1) is 6.11. The molecule has 0 unspecified atom stereocenters. The highest BCUT2D eigenvalue weighted by atomic mass is 35.5. The third kappa shape index (κ3) is 2.90. The smallest absolute Gasteiger partial charge is 0.313 e. The predicted octanol–water partition coefficient (Wildman–Crippen LogP) is 2.66. The van der Waals surface area contributed by atoms with Crippen LogP contribution in [0.1, 0.15) is 0 Å². The number of halogens is 2. The van der Waals surface area contributed by atoms with Gasteiger partial charge in [-0.2, -0.15) is 0 Å². The van der Waals surface area contributed by atoms with Crippen LogP contribution in [-0.2, 0) is 4.79 Å². The third-order valence-corrected chi connectivity index (χ3v) is 2.81. The quantitative estimate of drug-likeness (QED) is 0.796. The zero-order chi connectivity index (χ0) is 9.84. The summed E-state index contributed by atoms with van der Waals surface area (Å²) in [6.45, 7) is 0. The van der Waals surface area contributed by atoms with Gasteiger partial charge in [-0.1, -0.05) is 17.7 Å². The molecule has 0 radical (unpaired) electrons. The van der Waals surface area contributed by atoms with E-state index in [9.17, 15) is 9.18 Å². The molecule has 0 heterocycles. The Labute approximate surface area is 83.7 Å². The summed E-state index contributed by atoms with van der Waals surface area (Å²) in [6, 6.07) is 4.30. The molecule has 0 atom stereocenters. The van der Waals surface area contributed by atoms with Gasteiger partial charge in [0.1, 0.15) is 5.82 Å². The van der Waals surface area contributed by atoms with Gasteiger partial charge in [0.05, 0.1) is 10.8 Å². The minimum Gasteiger partial charge on any atom is -0.481 e. The maximum atomic E-state index is 12.8. The number of rotatable bonds is 3. The molecule has 70 valence electrons. The molecule has 0 fully saturated rings. The third-order valence-electron chi connectivity index (χ3n) is 1.27. The maximum absolute atomic E-state index is 12.8. The number of benzene rings is 1. The van der Waals surface area contributed by atoms with E-state index in [-0.39, 0.29) is 10.8 Å². The monoisotopic (exact) mass is 220 g/mol. The number of thioether (sulfide) groups is 1. The summed E-state index contributed by atoms with van der Waals surface area (Å²) in [5.41, 5.74) is 0. The lowest BCUT2D eigenvalue weighted by molar-refractivity contribution is -0.133. The van der Waals surface area contributed by atoms with Crippen LogP contribution in [0, 0.1) is 5.82 Å². The number of aliphatic carboxylic acids is 1. The molecule has 0 amide bonds. The second-order valence-corrected chi connectivity index (χ2v) is 3.63. The highest BCUT2D eigenvalue weighted by Crippen LogP contribution is 2.28. The van der Waals surface area contributed by atoms with Gasteiger partial charge >= 0.3 is 5.97 Å². The molecule has 13 heavy (non-hydrogen) atoms. The van der Waals surface area contributed by atoms with E-state index in [1.54, 1.807) is 6.07 Å². The Morgan fingerprint density at radius 1 is 1.62 bits per heavy atom. The minimum absolute atomic E-state index is 0.0197. The minimum atomic E-state index is -0.953. The van der Waals surface area contributed by atoms with Crippen molar-refractivity contribution in [3.05, 3.63) is 29.0 Å². The molecule has 0 aromatic heterocycles. The largest absolute Gasteiger partial charge is 0.481 e. The van der Waals surface area contributed by atoms with Crippen molar-refractivity contribution in [1.29, 1.82) is 0 Å². The van der Waals surface area contributed by atoms with Crippen LogP contribution in [0.5, 0.6) is 0 Å². The molecule has 1 aromatic carbocycles. The van der Waals surface area contributed by atoms with Crippen molar-refractivity contribution >= 4 is 29.3 Å². The van der Waals surface area contributed by atoms with Gasteiger partial charge in [0.2, 0.25) is 0 Å². The highest BCUT2D eigenvalue weighted by molar-refractivity contribution is 8.00. The fourth-order valence-corrected chi connectivity index (χ4v) is 1.70. The second kappa shape index (κ2) is 4.48. The zero-order valence-corrected chi connectivity index (χ0v) is 8.03. The van der Waals surface area contributed by atoms with Gasteiger partial charge in [-0.05, 0) is 12.1 Å². The molecule has 1 N–H and O–H groups in total. The van der Waals surface area contributed by atoms with E-state index in [2.05, 4.69) is 0 Å². The van der Waals surface area contributed by atoms with Crippen molar-refractivity contribution < 1.29 is 14.3 Å². The van der Waals surface area contributed by atoms with Gasteiger partial charge in [-0.15, -0.1) is 11.8 Å². The van der Waals surface area contributed by atoms with E-state index in [0.29, 0.717) is 4.90 Å². The van der Waals surface area contributed by atoms with E-state index in [4.69, 9.17) is 16.7 Å². The van der Waals surface area contributed by atoms with E-state index >= 15 is 0 Å². The Hall–Kier alpha value is -0.740. The number of hydrogen-bond acceptors (Lipinski definition) is 2. The van der Waals surface area contributed by atoms with Crippen LogP contribution >= 0.6 is 23.4 Å². The molecule has 0 aliphatic rings. The summed E-state index contributed by atoms with van der Waals surface area (Å²) in [5.74, 6) is -1.61. The van der Waals surface area contributed by atoms with Crippen LogP contribution in [0.3, 0.4) is 0 Å². The fourth-order valence-electron chi connectivity index (χ4n) is 0.735. The Morgan fingerprint density at radius 2 is 2.31 bits per heavy atom. The Bertz CT molecular complexity index is 330. The Balaban J connectivity index is 2.77. The van der Waals surface area contributed by atoms with Crippen LogP contribution in [0.2, 0.25) is 5.02 Å². The van der Waals surface area contributed by atoms with E-state index in [0.717, 1.165) is 11.8 Å². The van der Waals surface area contributed by atoms with E-state index < -0.39 is 11.8 Å². The van der Waals surface area contributed by atoms with Gasteiger partial charge < -0.3 is 5.11 Å². The first-order valence-corrected chi connectivity index (χ1v) is 4.76. The van der Waals surface area contributed by atoms with Crippen LogP contribution in [-0.4, -0.2) is 16.8 Å². The zero-order valence-electron chi connectivity index (χ0n) is 6.46. The van der Waals surface area contributed by atoms with Crippen molar-refractivity contribution in [2.24, 2.45) is 0 Å². The lowest BCUT2D eigenvalue weighted by atomic mass is 10.3. The van der Waals surface area contributed by atoms with Crippen LogP contribution in [0.4, 0.5) is 4.39 Å². The molecular formula is C8H6ClFO2S. The van der Waals surface area contributed by atoms with Crippen LogP contribution in [0.15, 0.2) is 23.1 Å². The van der Waals surface area contributed by atoms with Crippen molar-refractivity contribution in [3.63, 3.8) is 0 Å². The molecule has 0 saturated heterocycles. The summed E-state index contributed by atoms with van der Waals surface area (Å²) in [6.07, 6.45) is 0. The van der Waals surface area contributed by atoms with Crippen LogP contribution in [0.25, 0.3) is 0 Å². The molecule has 0 aliphatic heterocycles. The Kier molecular flexibility index (Phi) is 3.57. The van der Waals surface area contributed by atoms with E-state index in [1.807, 2.05) is 0 Å². The molecule has 0 aliphatic carbocycles. The van der Waals surface area contributed by atoms with E-state index in [1.165, 1.54) is 12.1 Å². The predicted molar refractivity (Wildman–Crippen MR) is 49.8 cm³/mol. The summed E-state index contributed by atoms with van der Waals surface area (Å²) >= 11 is 6.59. The molecule has 5 heteroatoms. The van der Waals surface area contributed by atoms with Crippen molar-refractivity contribution in [2.45, 2.75) is 4.90 Å². The van der Waals surface area contributed by atoms with Gasteiger partial charge in [0.25, 0.3) is 0 Å². The first-order valence-electron chi connectivity index (χ1n) is 3.40. The number of carbonyl (C=O) groups is 1. The topological polar surface area (TPSA) is 37.3 Å². The summed E-state index contributed by atoms with van der Waals surface area (Å²) in [4.78, 5) is 10.7. The molecule has 2 nitrogen and oxygen atoms in total. The number of hydrogen-bond donors (Lipinski definition) is 1. The normalized spacial score (nSPS) is 10.0.